The number of rotatable bonds is 10. The van der Waals surface area contributed by atoms with Crippen molar-refractivity contribution in [3.8, 4) is 138 Å². The van der Waals surface area contributed by atoms with Crippen molar-refractivity contribution in [1.82, 2.24) is 24.1 Å². The molecule has 0 fully saturated rings. The number of nitrogens with zero attached hydrogens (tertiary/aromatic N) is 18. The second kappa shape index (κ2) is 26.5. The monoisotopic (exact) mass is 1340 g/mol. The Morgan fingerprint density at radius 1 is 0.274 bits per heavy atom. The Morgan fingerprint density at radius 2 is 0.642 bits per heavy atom. The van der Waals surface area contributed by atoms with Gasteiger partial charge < -0.3 is 9.13 Å². The van der Waals surface area contributed by atoms with Gasteiger partial charge in [0.05, 0.1) is 121 Å². The number of hydrogen-bond acceptors (Lipinski definition) is 9. The van der Waals surface area contributed by atoms with Gasteiger partial charge in [0.25, 0.3) is 0 Å². The molecular weight excluding hydrogens is 1310 g/mol. The van der Waals surface area contributed by atoms with Crippen molar-refractivity contribution in [3.05, 3.63) is 332 Å². The smallest absolute Gasteiger partial charge is 0.197 e. The molecule has 0 atom stereocenters. The highest BCUT2D eigenvalue weighted by atomic mass is 15.0. The first-order valence-corrected chi connectivity index (χ1v) is 32.0. The molecule has 0 bridgehead atoms. The van der Waals surface area contributed by atoms with Crippen molar-refractivity contribution in [3.63, 3.8) is 0 Å². The average Bonchev–Trinajstić information content (AvgIpc) is 1.64. The summed E-state index contributed by atoms with van der Waals surface area (Å²) in [6.07, 6.45) is 0. The van der Waals surface area contributed by atoms with Crippen LogP contribution >= 0.6 is 0 Å². The molecule has 0 aliphatic carbocycles. The highest BCUT2D eigenvalue weighted by Crippen LogP contribution is 2.49. The fourth-order valence-corrected chi connectivity index (χ4v) is 13.9. The fourth-order valence-electron chi connectivity index (χ4n) is 13.9. The lowest BCUT2D eigenvalue weighted by atomic mass is 9.94. The van der Waals surface area contributed by atoms with Gasteiger partial charge in [-0.15, -0.1) is 0 Å². The van der Waals surface area contributed by atoms with Crippen molar-refractivity contribution in [1.29, 1.82) is 31.6 Å². The Kier molecular flexibility index (Phi) is 16.1. The molecule has 0 radical (unpaired) electrons. The third-order valence-corrected chi connectivity index (χ3v) is 18.4. The van der Waals surface area contributed by atoms with Gasteiger partial charge in [-0.3, -0.25) is 0 Å². The number of hydrogen-bond donors (Lipinski definition) is 0. The van der Waals surface area contributed by atoms with Crippen LogP contribution in [0.5, 0.6) is 0 Å². The minimum atomic E-state index is 0.0702. The largest absolute Gasteiger partial charge is 0.309 e. The van der Waals surface area contributed by atoms with Crippen LogP contribution in [0.4, 0.5) is 39.8 Å². The number of aromatic nitrogens is 5. The highest BCUT2D eigenvalue weighted by molar-refractivity contribution is 6.15. The highest BCUT2D eigenvalue weighted by Gasteiger charge is 2.27. The zero-order valence-electron chi connectivity index (χ0n) is 54.8. The Hall–Kier alpha value is -17.4. The number of benzene rings is 12. The van der Waals surface area contributed by atoms with E-state index in [0.29, 0.717) is 134 Å². The molecule has 0 saturated carbocycles. The summed E-state index contributed by atoms with van der Waals surface area (Å²) in [6, 6.07) is 76.5. The lowest BCUT2D eigenvalue weighted by molar-refractivity contribution is 1.07. The van der Waals surface area contributed by atoms with Crippen LogP contribution in [0.2, 0.25) is 0 Å². The molecule has 106 heavy (non-hydrogen) atoms. The molecular formula is C88H36N18. The second-order valence-electron chi connectivity index (χ2n) is 24.1. The van der Waals surface area contributed by atoms with Crippen LogP contribution in [0.1, 0.15) is 33.4 Å². The topological polar surface area (TPSA) is 222 Å². The molecule has 0 spiro atoms. The molecule has 0 aliphatic heterocycles. The van der Waals surface area contributed by atoms with Crippen LogP contribution < -0.4 is 0 Å². The minimum absolute atomic E-state index is 0.0702. The van der Waals surface area contributed by atoms with Crippen molar-refractivity contribution in [2.45, 2.75) is 0 Å². The molecule has 478 valence electrons. The third-order valence-electron chi connectivity index (χ3n) is 18.4. The Labute approximate surface area is 605 Å². The molecule has 0 unspecified atom stereocenters. The van der Waals surface area contributed by atoms with E-state index in [4.69, 9.17) is 61.0 Å². The maximum absolute atomic E-state index is 10.7. The van der Waals surface area contributed by atoms with E-state index in [9.17, 15) is 31.6 Å². The van der Waals surface area contributed by atoms with Gasteiger partial charge in [0.2, 0.25) is 0 Å². The molecule has 3 aromatic heterocycles. The first kappa shape index (κ1) is 64.6. The first-order valence-electron chi connectivity index (χ1n) is 32.0. The molecule has 12 aromatic carbocycles. The van der Waals surface area contributed by atoms with Gasteiger partial charge in [0.15, 0.2) is 57.3 Å². The van der Waals surface area contributed by atoms with Gasteiger partial charge in [-0.1, -0.05) is 97.1 Å². The second-order valence-corrected chi connectivity index (χ2v) is 24.1. The van der Waals surface area contributed by atoms with Gasteiger partial charge in [0.1, 0.15) is 0 Å². The van der Waals surface area contributed by atoms with Crippen LogP contribution in [0, 0.1) is 114 Å². The molecule has 15 aromatic rings. The summed E-state index contributed by atoms with van der Waals surface area (Å²) in [6.45, 7) is 58.2. The lowest BCUT2D eigenvalue weighted by Crippen LogP contribution is -2.02. The fraction of sp³-hybridized carbons (Fsp3) is 0. The van der Waals surface area contributed by atoms with E-state index in [2.05, 4.69) is 70.3 Å². The standard InChI is InChI=1S/C88H36N18/c1-95-63-36-62(49-94)84(76(42-63)101-7)57-20-28-81-70(39-57)69-38-56(83-61(48-93)31-51(45-90)33-73(83)98-4)19-27-80(69)106(81)79-29-22-59(88-103-86(53-14-10-8-11-15-53)102-87(104-88)54-16-12-9-13-17-54)41-66(79)65-43-64(23-24-71(65)96-2)105-77-25-18-55(82-60(47-92)30-50(44-89)32-72(82)97-3)37-67(77)68-40-58(21-26-78(68)105)85-74(99-5)34-52(46-91)35-75(85)100-6/h8-43H. The molecule has 0 saturated heterocycles. The quantitative estimate of drug-likeness (QED) is 0.119. The normalized spacial score (nSPS) is 10.5. The maximum Gasteiger partial charge on any atom is 0.197 e. The maximum atomic E-state index is 10.7. The minimum Gasteiger partial charge on any atom is -0.309 e. The van der Waals surface area contributed by atoms with E-state index >= 15 is 0 Å². The van der Waals surface area contributed by atoms with Crippen molar-refractivity contribution in [2.75, 3.05) is 0 Å². The summed E-state index contributed by atoms with van der Waals surface area (Å²) in [7, 11) is 0. The van der Waals surface area contributed by atoms with Crippen LogP contribution in [-0.2, 0) is 0 Å². The third kappa shape index (κ3) is 10.8. The zero-order chi connectivity index (χ0) is 73.4. The molecule has 0 N–H and O–H groups in total. The van der Waals surface area contributed by atoms with E-state index in [1.165, 1.54) is 48.5 Å². The molecule has 3 heterocycles. The van der Waals surface area contributed by atoms with Gasteiger partial charge in [0, 0.05) is 82.9 Å². The summed E-state index contributed by atoms with van der Waals surface area (Å²) in [5.74, 6) is 1.07. The Bertz CT molecular complexity index is 6560. The van der Waals surface area contributed by atoms with Crippen molar-refractivity contribution < 1.29 is 0 Å². The molecule has 0 aliphatic rings. The van der Waals surface area contributed by atoms with E-state index in [-0.39, 0.29) is 73.2 Å². The van der Waals surface area contributed by atoms with Crippen LogP contribution in [0.15, 0.2) is 218 Å². The molecule has 18 heteroatoms. The lowest BCUT2D eigenvalue weighted by Gasteiger charge is -2.19. The Morgan fingerprint density at radius 3 is 1.05 bits per heavy atom. The van der Waals surface area contributed by atoms with Crippen LogP contribution in [-0.4, -0.2) is 24.1 Å². The predicted molar refractivity (Wildman–Crippen MR) is 404 cm³/mol. The number of nitriles is 6. The van der Waals surface area contributed by atoms with E-state index < -0.39 is 0 Å². The summed E-state index contributed by atoms with van der Waals surface area (Å²) in [4.78, 5) is 42.0. The summed E-state index contributed by atoms with van der Waals surface area (Å²) < 4.78 is 4.03. The average molecular weight is 1350 g/mol. The van der Waals surface area contributed by atoms with Gasteiger partial charge in [-0.05, 0) is 160 Å². The molecule has 0 amide bonds. The van der Waals surface area contributed by atoms with Gasteiger partial charge in [-0.2, -0.15) is 31.6 Å². The SMILES string of the molecule is [C-]#[N+]c1cc(C#N)c(-c2ccc3c(c2)c2cc(-c4c(C#N)cc(C#N)cc4[N+]#[C-])ccc2n3-c2ccc(-c3nc(-c4ccccc4)nc(-c4ccccc4)n3)cc2-c2cc(-n3c4ccc(-c5c(C#N)cc(C#N)cc5[N+]#[C-])cc4c4cc(-c5c([N+]#[C-])cc(C#N)cc5[N+]#[C-])ccc43)ccc2[N+]#[C-])c([N+]#[C-])c1. The molecule has 15 rings (SSSR count). The van der Waals surface area contributed by atoms with E-state index in [0.717, 1.165) is 11.1 Å². The summed E-state index contributed by atoms with van der Waals surface area (Å²) >= 11 is 0. The first-order chi connectivity index (χ1) is 51.9. The van der Waals surface area contributed by atoms with Crippen molar-refractivity contribution in [2.24, 2.45) is 0 Å². The predicted octanol–water partition coefficient (Wildman–Crippen LogP) is 22.5. The summed E-state index contributed by atoms with van der Waals surface area (Å²) in [5, 5.41) is 64.2. The van der Waals surface area contributed by atoms with E-state index in [1.54, 1.807) is 30.3 Å². The van der Waals surface area contributed by atoms with Gasteiger partial charge >= 0.3 is 0 Å². The van der Waals surface area contributed by atoms with Gasteiger partial charge in [-0.25, -0.2) is 48.9 Å². The molecule has 18 nitrogen and oxygen atoms in total. The summed E-state index contributed by atoms with van der Waals surface area (Å²) in [5.41, 5.74) is 10.9. The zero-order valence-corrected chi connectivity index (χ0v) is 54.8. The Balaban J connectivity index is 1.05. The van der Waals surface area contributed by atoms with E-state index in [1.807, 2.05) is 149 Å². The van der Waals surface area contributed by atoms with Crippen LogP contribution in [0.3, 0.4) is 0 Å². The number of fused-ring (bicyclic) bond motifs is 6. The van der Waals surface area contributed by atoms with Crippen LogP contribution in [0.25, 0.3) is 179 Å². The van der Waals surface area contributed by atoms with Crippen molar-refractivity contribution >= 4 is 83.4 Å².